The van der Waals surface area contributed by atoms with Gasteiger partial charge in [-0.2, -0.15) is 0 Å². The highest BCUT2D eigenvalue weighted by Gasteiger charge is 2.34. The third-order valence-corrected chi connectivity index (χ3v) is 3.42. The molecule has 0 radical (unpaired) electrons. The van der Waals surface area contributed by atoms with Crippen molar-refractivity contribution in [1.82, 2.24) is 10.2 Å². The molecule has 0 saturated carbocycles. The summed E-state index contributed by atoms with van der Waals surface area (Å²) in [5.41, 5.74) is 5.68. The van der Waals surface area contributed by atoms with E-state index < -0.39 is 48.3 Å². The van der Waals surface area contributed by atoms with Gasteiger partial charge in [0.1, 0.15) is 12.1 Å². The van der Waals surface area contributed by atoms with Crippen LogP contribution < -0.4 is 11.1 Å². The summed E-state index contributed by atoms with van der Waals surface area (Å²) in [6, 6.07) is -3.27. The Morgan fingerprint density at radius 3 is 2.04 bits per heavy atom. The molecule has 5 N–H and O–H groups in total. The Bertz CT molecular complexity index is 465. The highest BCUT2D eigenvalue weighted by atomic mass is 16.4. The Labute approximate surface area is 134 Å². The van der Waals surface area contributed by atoms with Crippen LogP contribution in [-0.2, 0) is 19.2 Å². The lowest BCUT2D eigenvalue weighted by Gasteiger charge is -2.32. The zero-order valence-electron chi connectivity index (χ0n) is 13.8. The minimum atomic E-state index is -1.57. The topological polar surface area (TPSA) is 150 Å². The van der Waals surface area contributed by atoms with Crippen LogP contribution in [0.15, 0.2) is 0 Å². The third-order valence-electron chi connectivity index (χ3n) is 3.42. The van der Waals surface area contributed by atoms with E-state index in [1.165, 1.54) is 11.9 Å². The summed E-state index contributed by atoms with van der Waals surface area (Å²) in [5, 5.41) is 19.9. The van der Waals surface area contributed by atoms with E-state index in [4.69, 9.17) is 15.9 Å². The molecule has 0 spiro atoms. The fraction of sp³-hybridized carbons (Fsp3) is 0.714. The normalized spacial score (nSPS) is 14.7. The zero-order chi connectivity index (χ0) is 18.3. The van der Waals surface area contributed by atoms with Crippen LogP contribution in [0, 0.1) is 5.92 Å². The number of carbonyl (C=O) groups is 4. The van der Waals surface area contributed by atoms with Gasteiger partial charge in [0.05, 0.1) is 12.5 Å². The number of nitrogens with two attached hydrogens (primary N) is 1. The van der Waals surface area contributed by atoms with E-state index >= 15 is 0 Å². The molecule has 0 fully saturated rings. The molecule has 132 valence electrons. The first-order chi connectivity index (χ1) is 10.5. The van der Waals surface area contributed by atoms with Crippen LogP contribution in [0.25, 0.3) is 0 Å². The van der Waals surface area contributed by atoms with Gasteiger partial charge in [-0.05, 0) is 12.3 Å². The standard InChI is InChI=1S/C14H25N3O6/c1-5-8(15)13(21)17(4)11(7(2)3)12(20)16-9(14(22)23)6-10(18)19/h7-9,11H,5-6,15H2,1-4H3,(H,16,20)(H,18,19)(H,22,23)/t8-,9-,11-/m0/s1. The average molecular weight is 331 g/mol. The largest absolute Gasteiger partial charge is 0.481 e. The first-order valence-electron chi connectivity index (χ1n) is 7.30. The number of hydrogen-bond donors (Lipinski definition) is 4. The fourth-order valence-electron chi connectivity index (χ4n) is 2.13. The predicted molar refractivity (Wildman–Crippen MR) is 81.5 cm³/mol. The van der Waals surface area contributed by atoms with Gasteiger partial charge in [0, 0.05) is 7.05 Å². The number of nitrogens with one attached hydrogen (secondary N) is 1. The van der Waals surface area contributed by atoms with Crippen molar-refractivity contribution >= 4 is 23.8 Å². The molecule has 0 saturated heterocycles. The molecule has 0 unspecified atom stereocenters. The van der Waals surface area contributed by atoms with Crippen molar-refractivity contribution in [2.24, 2.45) is 11.7 Å². The van der Waals surface area contributed by atoms with Gasteiger partial charge in [-0.1, -0.05) is 20.8 Å². The Morgan fingerprint density at radius 2 is 1.70 bits per heavy atom. The molecule has 9 nitrogen and oxygen atoms in total. The van der Waals surface area contributed by atoms with Gasteiger partial charge in [0.25, 0.3) is 0 Å². The number of hydrogen-bond acceptors (Lipinski definition) is 5. The number of carboxylic acid groups (broad SMARTS) is 2. The van der Waals surface area contributed by atoms with E-state index in [9.17, 15) is 19.2 Å². The maximum Gasteiger partial charge on any atom is 0.326 e. The molecule has 0 aromatic rings. The molecule has 0 heterocycles. The molecule has 23 heavy (non-hydrogen) atoms. The molecule has 0 aromatic heterocycles. The van der Waals surface area contributed by atoms with E-state index in [2.05, 4.69) is 5.32 Å². The fourth-order valence-corrected chi connectivity index (χ4v) is 2.13. The van der Waals surface area contributed by atoms with Gasteiger partial charge in [-0.3, -0.25) is 14.4 Å². The maximum atomic E-state index is 12.3. The third kappa shape index (κ3) is 6.23. The Kier molecular flexibility index (Phi) is 8.23. The van der Waals surface area contributed by atoms with Crippen molar-refractivity contribution in [2.75, 3.05) is 7.05 Å². The molecule has 9 heteroatoms. The molecule has 3 atom stereocenters. The lowest BCUT2D eigenvalue weighted by molar-refractivity contribution is -0.149. The number of nitrogens with zero attached hydrogens (tertiary/aromatic N) is 1. The van der Waals surface area contributed by atoms with Crippen LogP contribution in [0.2, 0.25) is 0 Å². The second kappa shape index (κ2) is 9.09. The van der Waals surface area contributed by atoms with Crippen LogP contribution in [0.1, 0.15) is 33.6 Å². The maximum absolute atomic E-state index is 12.3. The Morgan fingerprint density at radius 1 is 1.17 bits per heavy atom. The van der Waals surface area contributed by atoms with Crippen molar-refractivity contribution in [3.63, 3.8) is 0 Å². The molecule has 2 amide bonds. The van der Waals surface area contributed by atoms with Crippen molar-refractivity contribution in [1.29, 1.82) is 0 Å². The van der Waals surface area contributed by atoms with Crippen LogP contribution in [0.5, 0.6) is 0 Å². The lowest BCUT2D eigenvalue weighted by Crippen LogP contribution is -2.57. The second-order valence-corrected chi connectivity index (χ2v) is 5.65. The molecule has 0 aromatic carbocycles. The smallest absolute Gasteiger partial charge is 0.326 e. The number of rotatable bonds is 9. The van der Waals surface area contributed by atoms with Crippen molar-refractivity contribution in [2.45, 2.75) is 51.7 Å². The van der Waals surface area contributed by atoms with Gasteiger partial charge in [-0.25, -0.2) is 4.79 Å². The van der Waals surface area contributed by atoms with E-state index in [0.29, 0.717) is 6.42 Å². The van der Waals surface area contributed by atoms with Crippen LogP contribution >= 0.6 is 0 Å². The van der Waals surface area contributed by atoms with Crippen molar-refractivity contribution in [3.05, 3.63) is 0 Å². The number of likely N-dealkylation sites (N-methyl/N-ethyl adjacent to an activating group) is 1. The number of aliphatic carboxylic acids is 2. The Balaban J connectivity index is 5.22. The molecule has 0 rings (SSSR count). The van der Waals surface area contributed by atoms with Gasteiger partial charge in [0.15, 0.2) is 0 Å². The van der Waals surface area contributed by atoms with E-state index in [0.717, 1.165) is 0 Å². The molecular weight excluding hydrogens is 306 g/mol. The first-order valence-corrected chi connectivity index (χ1v) is 7.30. The quantitative estimate of drug-likeness (QED) is 0.434. The molecule has 0 bridgehead atoms. The SMILES string of the molecule is CC[C@H](N)C(=O)N(C)[C@H](C(=O)N[C@@H](CC(=O)O)C(=O)O)C(C)C. The van der Waals surface area contributed by atoms with Crippen molar-refractivity contribution < 1.29 is 29.4 Å². The predicted octanol–water partition coefficient (Wildman–Crippen LogP) is -0.749. The highest BCUT2D eigenvalue weighted by Crippen LogP contribution is 2.12. The summed E-state index contributed by atoms with van der Waals surface area (Å²) in [7, 11) is 1.41. The first kappa shape index (κ1) is 20.8. The Hall–Kier alpha value is -2.16. The summed E-state index contributed by atoms with van der Waals surface area (Å²) in [4.78, 5) is 47.4. The number of amides is 2. The minimum Gasteiger partial charge on any atom is -0.481 e. The number of carbonyl (C=O) groups excluding carboxylic acids is 2. The van der Waals surface area contributed by atoms with Gasteiger partial charge < -0.3 is 26.2 Å². The van der Waals surface area contributed by atoms with E-state index in [1.807, 2.05) is 0 Å². The monoisotopic (exact) mass is 331 g/mol. The summed E-state index contributed by atoms with van der Waals surface area (Å²) >= 11 is 0. The van der Waals surface area contributed by atoms with E-state index in [1.54, 1.807) is 20.8 Å². The number of carboxylic acids is 2. The average Bonchev–Trinajstić information content (AvgIpc) is 2.43. The van der Waals surface area contributed by atoms with Crippen LogP contribution in [-0.4, -0.2) is 64.0 Å². The van der Waals surface area contributed by atoms with Gasteiger partial charge >= 0.3 is 11.9 Å². The zero-order valence-corrected chi connectivity index (χ0v) is 13.8. The van der Waals surface area contributed by atoms with Gasteiger partial charge in [0.2, 0.25) is 11.8 Å². The summed E-state index contributed by atoms with van der Waals surface area (Å²) in [6.07, 6.45) is -0.357. The van der Waals surface area contributed by atoms with Crippen LogP contribution in [0.4, 0.5) is 0 Å². The molecular formula is C14H25N3O6. The molecule has 0 aliphatic carbocycles. The van der Waals surface area contributed by atoms with Crippen LogP contribution in [0.3, 0.4) is 0 Å². The molecule has 0 aliphatic heterocycles. The van der Waals surface area contributed by atoms with Gasteiger partial charge in [-0.15, -0.1) is 0 Å². The second-order valence-electron chi connectivity index (χ2n) is 5.65. The summed E-state index contributed by atoms with van der Waals surface area (Å²) < 4.78 is 0. The minimum absolute atomic E-state index is 0.313. The van der Waals surface area contributed by atoms with Crippen molar-refractivity contribution in [3.8, 4) is 0 Å². The van der Waals surface area contributed by atoms with E-state index in [-0.39, 0.29) is 5.92 Å². The lowest BCUT2D eigenvalue weighted by atomic mass is 10.00. The molecule has 0 aliphatic rings. The highest BCUT2D eigenvalue weighted by molar-refractivity contribution is 5.92. The summed E-state index contributed by atoms with van der Waals surface area (Å²) in [6.45, 7) is 5.12. The summed E-state index contributed by atoms with van der Waals surface area (Å²) in [5.74, 6) is -4.29.